The van der Waals surface area contributed by atoms with E-state index in [9.17, 15) is 13.2 Å². The van der Waals surface area contributed by atoms with Crippen molar-refractivity contribution in [3.8, 4) is 0 Å². The highest BCUT2D eigenvalue weighted by molar-refractivity contribution is 7.90. The van der Waals surface area contributed by atoms with Crippen LogP contribution < -0.4 is 5.32 Å². The molecule has 0 spiro atoms. The fraction of sp³-hybridized carbons (Fsp3) is 0.353. The summed E-state index contributed by atoms with van der Waals surface area (Å²) in [5.41, 5.74) is 0.962. The first-order valence-electron chi connectivity index (χ1n) is 8.01. The molecule has 146 valence electrons. The second kappa shape index (κ2) is 8.75. The van der Waals surface area contributed by atoms with Crippen molar-refractivity contribution in [2.45, 2.75) is 23.7 Å². The summed E-state index contributed by atoms with van der Waals surface area (Å²) >= 11 is 6.02. The number of hydrogen-bond acceptors (Lipinski definition) is 7. The van der Waals surface area contributed by atoms with Gasteiger partial charge in [0.2, 0.25) is 5.91 Å². The van der Waals surface area contributed by atoms with Crippen molar-refractivity contribution in [2.24, 2.45) is 0 Å². The fourth-order valence-electron chi connectivity index (χ4n) is 2.33. The van der Waals surface area contributed by atoms with Gasteiger partial charge in [0, 0.05) is 12.2 Å². The molecule has 1 aromatic heterocycles. The number of aliphatic hydroxyl groups is 2. The zero-order valence-corrected chi connectivity index (χ0v) is 16.3. The van der Waals surface area contributed by atoms with Gasteiger partial charge in [0.1, 0.15) is 0 Å². The van der Waals surface area contributed by atoms with E-state index in [1.54, 1.807) is 6.92 Å². The van der Waals surface area contributed by atoms with E-state index < -0.39 is 21.7 Å². The zero-order valence-electron chi connectivity index (χ0n) is 14.8. The molecule has 0 unspecified atom stereocenters. The summed E-state index contributed by atoms with van der Waals surface area (Å²) in [5.74, 6) is -1.30. The molecule has 2 aromatic rings. The summed E-state index contributed by atoms with van der Waals surface area (Å²) in [4.78, 5) is 20.5. The Morgan fingerprint density at radius 1 is 1.22 bits per heavy atom. The molecular formula is C17H20ClN3O5S. The van der Waals surface area contributed by atoms with Crippen molar-refractivity contribution in [2.75, 3.05) is 24.8 Å². The van der Waals surface area contributed by atoms with E-state index in [0.717, 1.165) is 6.26 Å². The van der Waals surface area contributed by atoms with Gasteiger partial charge in [0.05, 0.1) is 47.1 Å². The van der Waals surface area contributed by atoms with Crippen LogP contribution in [0.1, 0.15) is 30.0 Å². The molecule has 3 N–H and O–H groups in total. The molecule has 2 rings (SSSR count). The third-order valence-corrected chi connectivity index (χ3v) is 5.61. The molecule has 0 aliphatic rings. The van der Waals surface area contributed by atoms with Crippen molar-refractivity contribution in [1.82, 2.24) is 9.97 Å². The lowest BCUT2D eigenvalue weighted by molar-refractivity contribution is -0.117. The van der Waals surface area contributed by atoms with Crippen molar-refractivity contribution in [1.29, 1.82) is 0 Å². The lowest BCUT2D eigenvalue weighted by Gasteiger charge is -2.14. The van der Waals surface area contributed by atoms with Gasteiger partial charge in [-0.05, 0) is 24.6 Å². The third-order valence-electron chi connectivity index (χ3n) is 4.03. The van der Waals surface area contributed by atoms with E-state index >= 15 is 0 Å². The molecule has 1 aromatic carbocycles. The monoisotopic (exact) mass is 413 g/mol. The Morgan fingerprint density at radius 3 is 2.37 bits per heavy atom. The minimum Gasteiger partial charge on any atom is -0.396 e. The summed E-state index contributed by atoms with van der Waals surface area (Å²) in [6, 6.07) is 4.35. The molecule has 0 fully saturated rings. The van der Waals surface area contributed by atoms with Crippen LogP contribution in [0, 0.1) is 0 Å². The number of hydrogen-bond donors (Lipinski definition) is 3. The Kier molecular flexibility index (Phi) is 6.88. The number of aliphatic hydroxyl groups excluding tert-OH is 2. The van der Waals surface area contributed by atoms with E-state index in [0.29, 0.717) is 11.3 Å². The molecule has 0 aliphatic heterocycles. The molecule has 1 heterocycles. The molecule has 0 aliphatic carbocycles. The van der Waals surface area contributed by atoms with Crippen LogP contribution in [0.5, 0.6) is 0 Å². The van der Waals surface area contributed by atoms with Crippen LogP contribution >= 0.6 is 11.6 Å². The third kappa shape index (κ3) is 5.23. The van der Waals surface area contributed by atoms with Crippen LogP contribution in [0.2, 0.25) is 5.02 Å². The van der Waals surface area contributed by atoms with Gasteiger partial charge in [-0.15, -0.1) is 0 Å². The topological polar surface area (TPSA) is 129 Å². The Balaban J connectivity index is 2.13. The molecule has 0 saturated carbocycles. The number of amides is 1. The van der Waals surface area contributed by atoms with Crippen molar-refractivity contribution < 1.29 is 23.4 Å². The molecule has 27 heavy (non-hydrogen) atoms. The molecule has 10 heteroatoms. The molecule has 8 nitrogen and oxygen atoms in total. The van der Waals surface area contributed by atoms with Crippen LogP contribution in [-0.4, -0.2) is 54.0 Å². The average molecular weight is 414 g/mol. The SMILES string of the molecule is C[C@@H](C(=O)Nc1cnc(C(CO)CO)cn1)c1ccc(S(C)(=O)=O)c(Cl)c1. The van der Waals surface area contributed by atoms with E-state index in [4.69, 9.17) is 21.8 Å². The number of anilines is 1. The smallest absolute Gasteiger partial charge is 0.232 e. The average Bonchev–Trinajstić information content (AvgIpc) is 2.62. The van der Waals surface area contributed by atoms with Crippen LogP contribution in [0.4, 0.5) is 5.82 Å². The number of carbonyl (C=O) groups is 1. The number of halogens is 1. The van der Waals surface area contributed by atoms with E-state index in [2.05, 4.69) is 15.3 Å². The largest absolute Gasteiger partial charge is 0.396 e. The number of sulfone groups is 1. The highest BCUT2D eigenvalue weighted by Gasteiger charge is 2.20. The van der Waals surface area contributed by atoms with Gasteiger partial charge in [-0.1, -0.05) is 17.7 Å². The van der Waals surface area contributed by atoms with Gasteiger partial charge in [-0.3, -0.25) is 9.78 Å². The van der Waals surface area contributed by atoms with Crippen LogP contribution in [0.15, 0.2) is 35.5 Å². The summed E-state index contributed by atoms with van der Waals surface area (Å²) in [6.07, 6.45) is 3.76. The minimum absolute atomic E-state index is 0.00398. The number of benzene rings is 1. The zero-order chi connectivity index (χ0) is 20.2. The second-order valence-corrected chi connectivity index (χ2v) is 8.45. The first-order valence-corrected chi connectivity index (χ1v) is 10.3. The number of nitrogens with one attached hydrogen (secondary N) is 1. The van der Waals surface area contributed by atoms with Crippen molar-refractivity contribution >= 4 is 33.2 Å². The summed E-state index contributed by atoms with van der Waals surface area (Å²) < 4.78 is 23.2. The number of carbonyl (C=O) groups excluding carboxylic acids is 1. The fourth-order valence-corrected chi connectivity index (χ4v) is 3.67. The minimum atomic E-state index is -3.45. The first kappa shape index (κ1) is 21.2. The summed E-state index contributed by atoms with van der Waals surface area (Å²) in [6.45, 7) is 1.12. The number of aromatic nitrogens is 2. The molecule has 0 radical (unpaired) electrons. The lowest BCUT2D eigenvalue weighted by atomic mass is 10.0. The quantitative estimate of drug-likeness (QED) is 0.624. The molecule has 1 amide bonds. The standard InChI is InChI=1S/C17H20ClN3O5S/c1-10(11-3-4-15(13(18)5-11)27(2,25)26)17(24)21-16-7-19-14(6-20-16)12(8-22)9-23/h3-7,10,12,22-23H,8-9H2,1-2H3,(H,20,21,24)/t10-/m1/s1. The summed E-state index contributed by atoms with van der Waals surface area (Å²) in [7, 11) is -3.45. The molecule has 1 atom stereocenters. The van der Waals surface area contributed by atoms with Crippen molar-refractivity contribution in [3.63, 3.8) is 0 Å². The first-order chi connectivity index (χ1) is 12.7. The van der Waals surface area contributed by atoms with E-state index in [1.807, 2.05) is 0 Å². The van der Waals surface area contributed by atoms with Crippen LogP contribution in [0.25, 0.3) is 0 Å². The van der Waals surface area contributed by atoms with Gasteiger partial charge in [0.15, 0.2) is 15.7 Å². The van der Waals surface area contributed by atoms with E-state index in [1.165, 1.54) is 30.6 Å². The van der Waals surface area contributed by atoms with Gasteiger partial charge in [-0.25, -0.2) is 13.4 Å². The summed E-state index contributed by atoms with van der Waals surface area (Å²) in [5, 5.41) is 20.9. The Labute approximate surface area is 162 Å². The maximum Gasteiger partial charge on any atom is 0.232 e. The molecular weight excluding hydrogens is 394 g/mol. The highest BCUT2D eigenvalue weighted by Crippen LogP contribution is 2.27. The van der Waals surface area contributed by atoms with Gasteiger partial charge >= 0.3 is 0 Å². The van der Waals surface area contributed by atoms with Crippen LogP contribution in [-0.2, 0) is 14.6 Å². The van der Waals surface area contributed by atoms with E-state index in [-0.39, 0.29) is 34.9 Å². The predicted octanol–water partition coefficient (Wildman–Crippen LogP) is 1.34. The number of rotatable bonds is 7. The number of nitrogens with zero attached hydrogens (tertiary/aromatic N) is 2. The van der Waals surface area contributed by atoms with Crippen molar-refractivity contribution in [3.05, 3.63) is 46.9 Å². The normalized spacial score (nSPS) is 12.8. The Hall–Kier alpha value is -2.07. The second-order valence-electron chi connectivity index (χ2n) is 6.06. The van der Waals surface area contributed by atoms with Gasteiger partial charge in [-0.2, -0.15) is 0 Å². The maximum absolute atomic E-state index is 12.4. The Bertz CT molecular complexity index is 915. The van der Waals surface area contributed by atoms with Gasteiger partial charge < -0.3 is 15.5 Å². The van der Waals surface area contributed by atoms with Gasteiger partial charge in [0.25, 0.3) is 0 Å². The Morgan fingerprint density at radius 2 is 1.89 bits per heavy atom. The van der Waals surface area contributed by atoms with Crippen LogP contribution in [0.3, 0.4) is 0 Å². The molecule has 0 saturated heterocycles. The lowest BCUT2D eigenvalue weighted by Crippen LogP contribution is -2.20. The molecule has 0 bridgehead atoms. The maximum atomic E-state index is 12.4. The highest BCUT2D eigenvalue weighted by atomic mass is 35.5. The predicted molar refractivity (Wildman–Crippen MR) is 101 cm³/mol.